The maximum absolute atomic E-state index is 13.8. The summed E-state index contributed by atoms with van der Waals surface area (Å²) >= 11 is 6.13. The molecule has 2 aromatic heterocycles. The second kappa shape index (κ2) is 9.20. The maximum Gasteiger partial charge on any atom is 0.269 e. The Morgan fingerprint density at radius 1 is 0.892 bits per heavy atom. The third-order valence-corrected chi connectivity index (χ3v) is 6.66. The summed E-state index contributed by atoms with van der Waals surface area (Å²) in [6.07, 6.45) is 5.10. The van der Waals surface area contributed by atoms with Crippen molar-refractivity contribution in [2.24, 2.45) is 0 Å². The van der Waals surface area contributed by atoms with Crippen molar-refractivity contribution in [3.05, 3.63) is 124 Å². The van der Waals surface area contributed by atoms with Gasteiger partial charge in [0.1, 0.15) is 11.2 Å². The lowest BCUT2D eigenvalue weighted by Gasteiger charge is -2.20. The highest BCUT2D eigenvalue weighted by Gasteiger charge is 2.19. The number of para-hydroxylation sites is 1. The van der Waals surface area contributed by atoms with Crippen molar-refractivity contribution in [2.45, 2.75) is 6.92 Å². The van der Waals surface area contributed by atoms with Crippen LogP contribution in [0.4, 0.5) is 0 Å². The van der Waals surface area contributed by atoms with Gasteiger partial charge >= 0.3 is 0 Å². The van der Waals surface area contributed by atoms with Crippen LogP contribution in [0.15, 0.2) is 108 Å². The molecule has 0 saturated carbocycles. The molecule has 0 spiro atoms. The number of hydroxylamine groups is 2. The Hall–Kier alpha value is -4.46. The monoisotopic (exact) mass is 507 g/mol. The van der Waals surface area contributed by atoms with Gasteiger partial charge < -0.3 is 0 Å². The fourth-order valence-electron chi connectivity index (χ4n) is 4.57. The van der Waals surface area contributed by atoms with Crippen LogP contribution < -0.4 is 5.56 Å². The Morgan fingerprint density at radius 2 is 1.59 bits per heavy atom. The molecule has 0 bridgehead atoms. The number of nitrogens with zero attached hydrogens (tertiary/aromatic N) is 5. The van der Waals surface area contributed by atoms with E-state index in [2.05, 4.69) is 5.10 Å². The van der Waals surface area contributed by atoms with E-state index in [1.54, 1.807) is 45.9 Å². The summed E-state index contributed by atoms with van der Waals surface area (Å²) in [5.41, 5.74) is 5.65. The van der Waals surface area contributed by atoms with Crippen molar-refractivity contribution >= 4 is 28.2 Å². The number of rotatable bonds is 4. The minimum absolute atomic E-state index is 0.217. The van der Waals surface area contributed by atoms with E-state index in [0.717, 1.165) is 33.0 Å². The summed E-state index contributed by atoms with van der Waals surface area (Å²) in [5, 5.41) is 16.4. The Morgan fingerprint density at radius 3 is 2.30 bits per heavy atom. The normalized spacial score (nSPS) is 13.5. The SMILES string of the molecule is CC1=C(c2ccc(-c3nc4c(cnn4-c4ccccc4)c(=O)n3-c3ccc(Cl)cc3)cc2)C=CN(O)C1. The third-order valence-electron chi connectivity index (χ3n) is 6.41. The number of hydrogen-bond acceptors (Lipinski definition) is 5. The first-order valence-electron chi connectivity index (χ1n) is 11.8. The number of allylic oxidation sites excluding steroid dienone is 2. The average molecular weight is 508 g/mol. The molecule has 0 unspecified atom stereocenters. The summed E-state index contributed by atoms with van der Waals surface area (Å²) in [4.78, 5) is 18.8. The molecule has 1 aliphatic rings. The highest BCUT2D eigenvalue weighted by Crippen LogP contribution is 2.28. The van der Waals surface area contributed by atoms with E-state index in [1.807, 2.05) is 67.6 Å². The second-order valence-corrected chi connectivity index (χ2v) is 9.30. The van der Waals surface area contributed by atoms with Crippen LogP contribution in [-0.2, 0) is 0 Å². The Labute approximate surface area is 217 Å². The lowest BCUT2D eigenvalue weighted by molar-refractivity contribution is -0.0324. The first-order valence-corrected chi connectivity index (χ1v) is 12.1. The maximum atomic E-state index is 13.8. The quantitative estimate of drug-likeness (QED) is 0.328. The lowest BCUT2D eigenvalue weighted by Crippen LogP contribution is -2.22. The predicted octanol–water partition coefficient (Wildman–Crippen LogP) is 5.88. The van der Waals surface area contributed by atoms with E-state index < -0.39 is 0 Å². The largest absolute Gasteiger partial charge is 0.289 e. The number of halogens is 1. The average Bonchev–Trinajstić information content (AvgIpc) is 3.35. The van der Waals surface area contributed by atoms with Crippen molar-refractivity contribution in [3.8, 4) is 22.8 Å². The molecular weight excluding hydrogens is 486 g/mol. The van der Waals surface area contributed by atoms with Gasteiger partial charge in [-0.2, -0.15) is 5.10 Å². The highest BCUT2D eigenvalue weighted by atomic mass is 35.5. The summed E-state index contributed by atoms with van der Waals surface area (Å²) in [5.74, 6) is 0.496. The first-order chi connectivity index (χ1) is 18.0. The predicted molar refractivity (Wildman–Crippen MR) is 145 cm³/mol. The Kier molecular flexibility index (Phi) is 5.71. The molecule has 0 amide bonds. The van der Waals surface area contributed by atoms with Crippen molar-refractivity contribution in [2.75, 3.05) is 6.54 Å². The van der Waals surface area contributed by atoms with Crippen LogP contribution in [0.5, 0.6) is 0 Å². The van der Waals surface area contributed by atoms with Crippen LogP contribution in [0.3, 0.4) is 0 Å². The van der Waals surface area contributed by atoms with Gasteiger partial charge in [0, 0.05) is 16.8 Å². The van der Waals surface area contributed by atoms with Crippen LogP contribution in [0, 0.1) is 0 Å². The van der Waals surface area contributed by atoms with Gasteiger partial charge in [-0.3, -0.25) is 19.6 Å². The molecule has 0 aliphatic carbocycles. The number of fused-ring (bicyclic) bond motifs is 1. The minimum atomic E-state index is -0.217. The van der Waals surface area contributed by atoms with Gasteiger partial charge in [0.05, 0.1) is 24.1 Å². The minimum Gasteiger partial charge on any atom is -0.289 e. The molecule has 1 aliphatic heterocycles. The standard InChI is InChI=1S/C29H22ClN5O2/c1-19-18-33(37)16-15-25(19)20-7-9-21(10-8-20)27-32-28-26(17-31-35(28)24-5-3-2-4-6-24)29(36)34(27)23-13-11-22(30)12-14-23/h2-17,37H,18H2,1H3. The second-order valence-electron chi connectivity index (χ2n) is 8.87. The summed E-state index contributed by atoms with van der Waals surface area (Å²) in [6.45, 7) is 2.44. The molecule has 0 radical (unpaired) electrons. The summed E-state index contributed by atoms with van der Waals surface area (Å²) < 4.78 is 3.28. The molecular formula is C29H22ClN5O2. The lowest BCUT2D eigenvalue weighted by atomic mass is 9.97. The molecule has 3 heterocycles. The molecule has 6 rings (SSSR count). The summed E-state index contributed by atoms with van der Waals surface area (Å²) in [7, 11) is 0. The van der Waals surface area contributed by atoms with Gasteiger partial charge in [-0.15, -0.1) is 0 Å². The molecule has 5 aromatic rings. The third kappa shape index (κ3) is 4.14. The Bertz CT molecular complexity index is 1730. The molecule has 8 heteroatoms. The molecule has 182 valence electrons. The van der Waals surface area contributed by atoms with E-state index in [4.69, 9.17) is 16.6 Å². The number of aromatic nitrogens is 4. The van der Waals surface area contributed by atoms with Crippen molar-refractivity contribution < 1.29 is 5.21 Å². The number of hydrogen-bond donors (Lipinski definition) is 1. The zero-order chi connectivity index (χ0) is 25.5. The van der Waals surface area contributed by atoms with Crippen LogP contribution in [0.1, 0.15) is 12.5 Å². The van der Waals surface area contributed by atoms with E-state index in [9.17, 15) is 10.0 Å². The van der Waals surface area contributed by atoms with Gasteiger partial charge in [0.15, 0.2) is 5.65 Å². The van der Waals surface area contributed by atoms with Crippen molar-refractivity contribution in [3.63, 3.8) is 0 Å². The van der Waals surface area contributed by atoms with Crippen LogP contribution in [-0.4, -0.2) is 36.1 Å². The van der Waals surface area contributed by atoms with Crippen LogP contribution >= 0.6 is 11.6 Å². The van der Waals surface area contributed by atoms with Gasteiger partial charge in [-0.25, -0.2) is 9.67 Å². The highest BCUT2D eigenvalue weighted by molar-refractivity contribution is 6.30. The molecule has 0 atom stereocenters. The van der Waals surface area contributed by atoms with Crippen molar-refractivity contribution in [1.29, 1.82) is 0 Å². The van der Waals surface area contributed by atoms with E-state index in [-0.39, 0.29) is 5.56 Å². The Balaban J connectivity index is 1.55. The fraction of sp³-hybridized carbons (Fsp3) is 0.0690. The zero-order valence-electron chi connectivity index (χ0n) is 19.9. The smallest absolute Gasteiger partial charge is 0.269 e. The molecule has 3 aromatic carbocycles. The number of benzene rings is 3. The molecule has 7 nitrogen and oxygen atoms in total. The topological polar surface area (TPSA) is 76.2 Å². The molecule has 37 heavy (non-hydrogen) atoms. The van der Waals surface area contributed by atoms with Gasteiger partial charge in [-0.1, -0.05) is 54.1 Å². The first kappa shape index (κ1) is 23.0. The molecule has 1 N–H and O–H groups in total. The summed E-state index contributed by atoms with van der Waals surface area (Å²) in [6, 6.07) is 24.7. The zero-order valence-corrected chi connectivity index (χ0v) is 20.7. The van der Waals surface area contributed by atoms with Gasteiger partial charge in [0.25, 0.3) is 5.56 Å². The van der Waals surface area contributed by atoms with Crippen LogP contribution in [0.2, 0.25) is 5.02 Å². The van der Waals surface area contributed by atoms with Gasteiger partial charge in [0.2, 0.25) is 0 Å². The van der Waals surface area contributed by atoms with Crippen molar-refractivity contribution in [1.82, 2.24) is 24.4 Å². The van der Waals surface area contributed by atoms with E-state index in [0.29, 0.717) is 34.1 Å². The van der Waals surface area contributed by atoms with E-state index in [1.165, 1.54) is 0 Å². The van der Waals surface area contributed by atoms with E-state index >= 15 is 0 Å². The molecule has 0 saturated heterocycles. The van der Waals surface area contributed by atoms with Crippen LogP contribution in [0.25, 0.3) is 39.4 Å². The molecule has 0 fully saturated rings. The fourth-order valence-corrected chi connectivity index (χ4v) is 4.70. The van der Waals surface area contributed by atoms with Gasteiger partial charge in [-0.05, 0) is 66.1 Å².